The van der Waals surface area contributed by atoms with Crippen molar-refractivity contribution in [2.75, 3.05) is 0 Å². The van der Waals surface area contributed by atoms with Crippen LogP contribution in [0.5, 0.6) is 0 Å². The Balaban J connectivity index is 1.77. The van der Waals surface area contributed by atoms with Crippen LogP contribution in [-0.4, -0.2) is 0 Å². The molecule has 0 N–H and O–H groups in total. The summed E-state index contributed by atoms with van der Waals surface area (Å²) in [7, 11) is 0. The van der Waals surface area contributed by atoms with Gasteiger partial charge in [-0.15, -0.1) is 0 Å². The Bertz CT molecular complexity index is 1940. The van der Waals surface area contributed by atoms with Crippen molar-refractivity contribution in [3.8, 4) is 23.5 Å². The molecule has 0 spiro atoms. The van der Waals surface area contributed by atoms with Gasteiger partial charge in [-0.2, -0.15) is 20.5 Å². The van der Waals surface area contributed by atoms with Gasteiger partial charge in [-0.05, 0) is 57.8 Å². The Morgan fingerprint density at radius 3 is 1.67 bits per heavy atom. The molecule has 4 heteroatoms. The van der Waals surface area contributed by atoms with E-state index in [2.05, 4.69) is 71.5 Å². The molecule has 0 aliphatic rings. The molecule has 0 unspecified atom stereocenters. The highest BCUT2D eigenvalue weighted by Crippen LogP contribution is 2.33. The van der Waals surface area contributed by atoms with Gasteiger partial charge in [0.25, 0.3) is 0 Å². The van der Waals surface area contributed by atoms with Crippen LogP contribution in [0.15, 0.2) is 88.8 Å². The number of benzene rings is 4. The molecule has 33 heavy (non-hydrogen) atoms. The maximum Gasteiger partial charge on any atom is 0.206 e. The first-order valence-corrected chi connectivity index (χ1v) is 10.6. The molecule has 0 aromatic heterocycles. The minimum atomic E-state index is 0.683. The van der Waals surface area contributed by atoms with E-state index in [-0.39, 0.29) is 0 Å². The lowest BCUT2D eigenvalue weighted by molar-refractivity contribution is 1.37. The summed E-state index contributed by atoms with van der Waals surface area (Å²) in [5, 5.41) is 28.0. The van der Waals surface area contributed by atoms with Crippen molar-refractivity contribution in [1.29, 1.82) is 10.5 Å². The summed E-state index contributed by atoms with van der Waals surface area (Å²) in [6.45, 7) is 2.07. The average molecular weight is 420 g/mol. The zero-order valence-corrected chi connectivity index (χ0v) is 17.8. The van der Waals surface area contributed by atoms with Crippen molar-refractivity contribution in [2.24, 2.45) is 9.98 Å². The summed E-state index contributed by atoms with van der Waals surface area (Å²) in [6, 6.07) is 26.9. The minimum absolute atomic E-state index is 0.683. The molecule has 0 radical (unpaired) electrons. The van der Waals surface area contributed by atoms with Gasteiger partial charge in [0.15, 0.2) is 0 Å². The highest BCUT2D eigenvalue weighted by Gasteiger charge is 2.15. The van der Waals surface area contributed by atoms with E-state index in [0.29, 0.717) is 10.7 Å². The van der Waals surface area contributed by atoms with E-state index < -0.39 is 0 Å². The van der Waals surface area contributed by atoms with Crippen molar-refractivity contribution in [3.63, 3.8) is 0 Å². The van der Waals surface area contributed by atoms with Crippen molar-refractivity contribution < 1.29 is 0 Å². The second kappa shape index (κ2) is 7.12. The normalized spacial score (nSPS) is 12.7. The SMILES string of the molecule is Cc1ccc(-c2ccc3c(c2)/c(=N\C#N)c2cc4c(cc23)/c(=N/C#N)c2ccccc24)cc1. The molecule has 4 nitrogen and oxygen atoms in total. The second-order valence-electron chi connectivity index (χ2n) is 8.24. The summed E-state index contributed by atoms with van der Waals surface area (Å²) < 4.78 is 0. The van der Waals surface area contributed by atoms with Crippen LogP contribution in [-0.2, 0) is 0 Å². The van der Waals surface area contributed by atoms with Gasteiger partial charge in [0.05, 0.1) is 10.7 Å². The molecule has 6 aromatic carbocycles. The van der Waals surface area contributed by atoms with E-state index in [1.165, 1.54) is 5.56 Å². The Morgan fingerprint density at radius 1 is 0.515 bits per heavy atom. The summed E-state index contributed by atoms with van der Waals surface area (Å²) in [4.78, 5) is 8.38. The number of hydrogen-bond acceptors (Lipinski definition) is 4. The molecule has 0 heterocycles. The fraction of sp³-hybridized carbons (Fsp3) is 0.0345. The summed E-state index contributed by atoms with van der Waals surface area (Å²) >= 11 is 0. The molecule has 0 atom stereocenters. The summed E-state index contributed by atoms with van der Waals surface area (Å²) in [5.41, 5.74) is 3.41. The summed E-state index contributed by atoms with van der Waals surface area (Å²) in [5.74, 6) is 0. The number of fused-ring (bicyclic) bond motifs is 6. The molecule has 0 fully saturated rings. The number of hydrogen-bond donors (Lipinski definition) is 0. The van der Waals surface area contributed by atoms with Crippen LogP contribution in [0, 0.1) is 29.8 Å². The number of rotatable bonds is 1. The Hall–Kier alpha value is -4.80. The van der Waals surface area contributed by atoms with Gasteiger partial charge in [-0.3, -0.25) is 0 Å². The van der Waals surface area contributed by atoms with Crippen molar-refractivity contribution in [3.05, 3.63) is 95.1 Å². The lowest BCUT2D eigenvalue weighted by Crippen LogP contribution is -1.99. The lowest BCUT2D eigenvalue weighted by Gasteiger charge is -2.03. The topological polar surface area (TPSA) is 72.3 Å². The molecule has 0 amide bonds. The van der Waals surface area contributed by atoms with E-state index in [1.807, 2.05) is 36.7 Å². The standard InChI is InChI=1S/C29H16N4/c1-17-6-8-18(9-7-17)19-10-11-21-24-14-26-23(13-27(24)29(33-16-31)25(21)12-19)20-4-2-3-5-22(20)28(26)32-15-30/h2-14H,1H3/b32-28+,33-29+. The molecular formula is C29H16N4. The molecule has 0 saturated heterocycles. The van der Waals surface area contributed by atoms with Gasteiger partial charge in [0.2, 0.25) is 12.4 Å². The van der Waals surface area contributed by atoms with Gasteiger partial charge in [-0.1, -0.05) is 66.2 Å². The predicted molar refractivity (Wildman–Crippen MR) is 131 cm³/mol. The minimum Gasteiger partial charge on any atom is -0.172 e. The Kier molecular flexibility index (Phi) is 4.09. The van der Waals surface area contributed by atoms with Gasteiger partial charge >= 0.3 is 0 Å². The Labute approximate surface area is 189 Å². The third-order valence-corrected chi connectivity index (χ3v) is 6.41. The summed E-state index contributed by atoms with van der Waals surface area (Å²) in [6.07, 6.45) is 3.95. The molecule has 0 saturated carbocycles. The molecule has 6 rings (SSSR count). The predicted octanol–water partition coefficient (Wildman–Crippen LogP) is 5.91. The van der Waals surface area contributed by atoms with E-state index in [0.717, 1.165) is 54.2 Å². The fourth-order valence-corrected chi connectivity index (χ4v) is 4.89. The van der Waals surface area contributed by atoms with E-state index in [4.69, 9.17) is 0 Å². The molecule has 0 aliphatic carbocycles. The van der Waals surface area contributed by atoms with E-state index >= 15 is 0 Å². The second-order valence-corrected chi connectivity index (χ2v) is 8.24. The fourth-order valence-electron chi connectivity index (χ4n) is 4.89. The van der Waals surface area contributed by atoms with Gasteiger partial charge in [-0.25, -0.2) is 0 Å². The zero-order valence-electron chi connectivity index (χ0n) is 17.8. The number of nitriles is 2. The first-order chi connectivity index (χ1) is 16.2. The number of nitrogens with zero attached hydrogens (tertiary/aromatic N) is 4. The molecule has 152 valence electrons. The van der Waals surface area contributed by atoms with Gasteiger partial charge < -0.3 is 0 Å². The number of aryl methyl sites for hydroxylation is 1. The van der Waals surface area contributed by atoms with Crippen LogP contribution in [0.2, 0.25) is 0 Å². The Morgan fingerprint density at radius 2 is 1.03 bits per heavy atom. The van der Waals surface area contributed by atoms with Crippen LogP contribution in [0.4, 0.5) is 0 Å². The monoisotopic (exact) mass is 420 g/mol. The van der Waals surface area contributed by atoms with Crippen LogP contribution < -0.4 is 10.7 Å². The van der Waals surface area contributed by atoms with Crippen LogP contribution >= 0.6 is 0 Å². The third kappa shape index (κ3) is 2.75. The highest BCUT2D eigenvalue weighted by molar-refractivity contribution is 6.21. The van der Waals surface area contributed by atoms with Gasteiger partial charge in [0, 0.05) is 21.5 Å². The smallest absolute Gasteiger partial charge is 0.172 e. The van der Waals surface area contributed by atoms with Crippen LogP contribution in [0.3, 0.4) is 0 Å². The first kappa shape index (κ1) is 18.9. The highest BCUT2D eigenvalue weighted by atomic mass is 14.7. The van der Waals surface area contributed by atoms with E-state index in [1.54, 1.807) is 0 Å². The van der Waals surface area contributed by atoms with Crippen molar-refractivity contribution in [2.45, 2.75) is 6.92 Å². The quantitative estimate of drug-likeness (QED) is 0.310. The van der Waals surface area contributed by atoms with Crippen molar-refractivity contribution in [1.82, 2.24) is 0 Å². The maximum atomic E-state index is 9.47. The average Bonchev–Trinajstić information content (AvgIpc) is 3.31. The van der Waals surface area contributed by atoms with Crippen molar-refractivity contribution >= 4 is 43.1 Å². The van der Waals surface area contributed by atoms with Crippen LogP contribution in [0.25, 0.3) is 54.2 Å². The third-order valence-electron chi connectivity index (χ3n) is 6.41. The first-order valence-electron chi connectivity index (χ1n) is 10.6. The van der Waals surface area contributed by atoms with Crippen LogP contribution in [0.1, 0.15) is 5.56 Å². The van der Waals surface area contributed by atoms with E-state index in [9.17, 15) is 10.5 Å². The molecular weight excluding hydrogens is 404 g/mol. The largest absolute Gasteiger partial charge is 0.206 e. The zero-order chi connectivity index (χ0) is 22.5. The van der Waals surface area contributed by atoms with Gasteiger partial charge in [0.1, 0.15) is 0 Å². The maximum absolute atomic E-state index is 9.47. The molecule has 0 aliphatic heterocycles. The molecule has 6 aromatic rings. The molecule has 0 bridgehead atoms. The lowest BCUT2D eigenvalue weighted by atomic mass is 10.0.